The number of benzene rings is 1. The average molecular weight is 488 g/mol. The molecule has 1 saturated heterocycles. The van der Waals surface area contributed by atoms with E-state index in [0.717, 1.165) is 48.7 Å². The van der Waals surface area contributed by atoms with Crippen LogP contribution in [0.3, 0.4) is 0 Å². The first-order valence-electron chi connectivity index (χ1n) is 11.6. The van der Waals surface area contributed by atoms with Crippen molar-refractivity contribution in [2.75, 3.05) is 42.7 Å². The zero-order valence-corrected chi connectivity index (χ0v) is 21.3. The predicted molar refractivity (Wildman–Crippen MR) is 132 cm³/mol. The third-order valence-electron chi connectivity index (χ3n) is 6.31. The molecule has 2 aliphatic heterocycles. The molecule has 1 aromatic heterocycles. The van der Waals surface area contributed by atoms with Crippen LogP contribution in [-0.4, -0.2) is 74.0 Å². The van der Waals surface area contributed by atoms with Crippen LogP contribution in [0, 0.1) is 0 Å². The van der Waals surface area contributed by atoms with Crippen molar-refractivity contribution in [1.29, 1.82) is 0 Å². The van der Waals surface area contributed by atoms with Crippen LogP contribution in [0.4, 0.5) is 22.1 Å². The number of amides is 1. The maximum absolute atomic E-state index is 12.4. The summed E-state index contributed by atoms with van der Waals surface area (Å²) in [6.45, 7) is 7.65. The number of ether oxygens (including phenoxy) is 1. The maximum atomic E-state index is 12.4. The summed E-state index contributed by atoms with van der Waals surface area (Å²) in [6, 6.07) is 7.50. The SMILES string of the molecule is CN(c1cc(N2CCc3cc(S(C)(=O)=O)ccc32)ncn1)C1CCN(C(=O)OC(C)(C)C)CC1. The molecule has 4 rings (SSSR count). The highest BCUT2D eigenvalue weighted by atomic mass is 32.2. The van der Waals surface area contributed by atoms with E-state index in [1.807, 2.05) is 40.0 Å². The lowest BCUT2D eigenvalue weighted by Gasteiger charge is -2.37. The molecule has 0 spiro atoms. The van der Waals surface area contributed by atoms with Gasteiger partial charge in [-0.05, 0) is 63.8 Å². The molecule has 10 heteroatoms. The smallest absolute Gasteiger partial charge is 0.410 e. The van der Waals surface area contributed by atoms with E-state index < -0.39 is 15.4 Å². The Morgan fingerprint density at radius 2 is 1.82 bits per heavy atom. The molecule has 9 nitrogen and oxygen atoms in total. The number of anilines is 3. The number of hydrogen-bond donors (Lipinski definition) is 0. The fourth-order valence-corrected chi connectivity index (χ4v) is 5.15. The number of carbonyl (C=O) groups is 1. The van der Waals surface area contributed by atoms with Gasteiger partial charge in [-0.25, -0.2) is 23.2 Å². The van der Waals surface area contributed by atoms with Gasteiger partial charge in [0.1, 0.15) is 23.6 Å². The quantitative estimate of drug-likeness (QED) is 0.647. The minimum atomic E-state index is -3.24. The van der Waals surface area contributed by atoms with Crippen LogP contribution in [0.1, 0.15) is 39.2 Å². The second-order valence-corrected chi connectivity index (χ2v) is 12.0. The average Bonchev–Trinajstić information content (AvgIpc) is 3.20. The number of likely N-dealkylation sites (tertiary alicyclic amines) is 1. The Labute approximate surface area is 201 Å². The number of nitrogens with zero attached hydrogens (tertiary/aromatic N) is 5. The van der Waals surface area contributed by atoms with Gasteiger partial charge < -0.3 is 19.4 Å². The van der Waals surface area contributed by atoms with E-state index in [-0.39, 0.29) is 12.1 Å². The summed E-state index contributed by atoms with van der Waals surface area (Å²) in [6.07, 6.45) is 4.96. The first-order chi connectivity index (χ1) is 15.9. The number of aromatic nitrogens is 2. The van der Waals surface area contributed by atoms with Crippen LogP contribution < -0.4 is 9.80 Å². The van der Waals surface area contributed by atoms with Gasteiger partial charge in [0.15, 0.2) is 9.84 Å². The van der Waals surface area contributed by atoms with Crippen LogP contribution >= 0.6 is 0 Å². The Morgan fingerprint density at radius 1 is 1.12 bits per heavy atom. The third-order valence-corrected chi connectivity index (χ3v) is 7.42. The fraction of sp³-hybridized carbons (Fsp3) is 0.542. The fourth-order valence-electron chi connectivity index (χ4n) is 4.47. The minimum absolute atomic E-state index is 0.254. The first-order valence-corrected chi connectivity index (χ1v) is 13.4. The zero-order valence-electron chi connectivity index (χ0n) is 20.5. The van der Waals surface area contributed by atoms with E-state index in [2.05, 4.69) is 19.8 Å². The van der Waals surface area contributed by atoms with E-state index in [1.54, 1.807) is 23.4 Å². The lowest BCUT2D eigenvalue weighted by Crippen LogP contribution is -2.47. The number of piperidine rings is 1. The molecule has 1 amide bonds. The maximum Gasteiger partial charge on any atom is 0.410 e. The Hall–Kier alpha value is -2.88. The van der Waals surface area contributed by atoms with Gasteiger partial charge in [-0.15, -0.1) is 0 Å². The van der Waals surface area contributed by atoms with E-state index in [9.17, 15) is 13.2 Å². The van der Waals surface area contributed by atoms with Gasteiger partial charge in [0, 0.05) is 50.7 Å². The second-order valence-electron chi connectivity index (χ2n) is 10.0. The summed E-state index contributed by atoms with van der Waals surface area (Å²) >= 11 is 0. The Bertz CT molecular complexity index is 1170. The molecule has 0 radical (unpaired) electrons. The second kappa shape index (κ2) is 9.05. The van der Waals surface area contributed by atoms with Crippen molar-refractivity contribution in [3.63, 3.8) is 0 Å². The topological polar surface area (TPSA) is 95.9 Å². The van der Waals surface area contributed by atoms with Crippen molar-refractivity contribution in [3.05, 3.63) is 36.2 Å². The van der Waals surface area contributed by atoms with Gasteiger partial charge in [-0.3, -0.25) is 0 Å². The highest BCUT2D eigenvalue weighted by Crippen LogP contribution is 2.36. The van der Waals surface area contributed by atoms with E-state index in [4.69, 9.17) is 4.74 Å². The van der Waals surface area contributed by atoms with Gasteiger partial charge in [-0.1, -0.05) is 0 Å². The number of carbonyl (C=O) groups excluding carboxylic acids is 1. The Balaban J connectivity index is 1.45. The summed E-state index contributed by atoms with van der Waals surface area (Å²) in [4.78, 5) is 27.7. The highest BCUT2D eigenvalue weighted by Gasteiger charge is 2.30. The third kappa shape index (κ3) is 5.27. The molecule has 184 valence electrons. The molecule has 34 heavy (non-hydrogen) atoms. The molecule has 2 aromatic rings. The van der Waals surface area contributed by atoms with Crippen LogP contribution in [0.5, 0.6) is 0 Å². The van der Waals surface area contributed by atoms with Crippen molar-refractivity contribution < 1.29 is 17.9 Å². The molecule has 0 atom stereocenters. The van der Waals surface area contributed by atoms with Gasteiger partial charge in [-0.2, -0.15) is 0 Å². The predicted octanol–water partition coefficient (Wildman–Crippen LogP) is 3.41. The largest absolute Gasteiger partial charge is 0.444 e. The standard InChI is InChI=1S/C24H33N5O4S/c1-24(2,3)33-23(30)28-11-9-18(10-12-28)27(4)21-15-22(26-16-25-21)29-13-8-17-14-19(34(5,31)32)6-7-20(17)29/h6-7,14-16,18H,8-13H2,1-5H3. The van der Waals surface area contributed by atoms with Gasteiger partial charge in [0.2, 0.25) is 0 Å². The van der Waals surface area contributed by atoms with Crippen LogP contribution in [0.15, 0.2) is 35.5 Å². The molecule has 0 bridgehead atoms. The molecular formula is C24H33N5O4S. The lowest BCUT2D eigenvalue weighted by molar-refractivity contribution is 0.0205. The number of sulfone groups is 1. The number of hydrogen-bond acceptors (Lipinski definition) is 8. The van der Waals surface area contributed by atoms with Crippen molar-refractivity contribution in [2.45, 2.75) is 56.6 Å². The molecule has 2 aliphatic rings. The van der Waals surface area contributed by atoms with Gasteiger partial charge >= 0.3 is 6.09 Å². The Kier molecular flexibility index (Phi) is 6.46. The zero-order chi connectivity index (χ0) is 24.7. The molecule has 0 saturated carbocycles. The molecule has 1 fully saturated rings. The van der Waals surface area contributed by atoms with E-state index in [0.29, 0.717) is 18.0 Å². The molecule has 0 aliphatic carbocycles. The number of rotatable bonds is 4. The monoisotopic (exact) mass is 487 g/mol. The summed E-state index contributed by atoms with van der Waals surface area (Å²) in [5.74, 6) is 1.61. The van der Waals surface area contributed by atoms with Gasteiger partial charge in [0.25, 0.3) is 0 Å². The molecular weight excluding hydrogens is 454 g/mol. The molecule has 0 N–H and O–H groups in total. The lowest BCUT2D eigenvalue weighted by atomic mass is 10.0. The van der Waals surface area contributed by atoms with E-state index in [1.165, 1.54) is 6.26 Å². The van der Waals surface area contributed by atoms with Gasteiger partial charge in [0.05, 0.1) is 4.90 Å². The van der Waals surface area contributed by atoms with Crippen LogP contribution in [-0.2, 0) is 21.0 Å². The van der Waals surface area contributed by atoms with Crippen molar-refractivity contribution >= 4 is 33.3 Å². The van der Waals surface area contributed by atoms with Crippen molar-refractivity contribution in [1.82, 2.24) is 14.9 Å². The summed E-state index contributed by atoms with van der Waals surface area (Å²) < 4.78 is 29.3. The Morgan fingerprint density at radius 3 is 2.47 bits per heavy atom. The molecule has 1 aromatic carbocycles. The van der Waals surface area contributed by atoms with Crippen molar-refractivity contribution in [2.24, 2.45) is 0 Å². The first kappa shape index (κ1) is 24.3. The highest BCUT2D eigenvalue weighted by molar-refractivity contribution is 7.90. The van der Waals surface area contributed by atoms with Crippen LogP contribution in [0.25, 0.3) is 0 Å². The normalized spacial score (nSPS) is 17.0. The molecule has 0 unspecified atom stereocenters. The van der Waals surface area contributed by atoms with Crippen LogP contribution in [0.2, 0.25) is 0 Å². The summed E-state index contributed by atoms with van der Waals surface area (Å²) in [7, 11) is -1.21. The molecule has 3 heterocycles. The van der Waals surface area contributed by atoms with Crippen molar-refractivity contribution in [3.8, 4) is 0 Å². The summed E-state index contributed by atoms with van der Waals surface area (Å²) in [5, 5.41) is 0. The summed E-state index contributed by atoms with van der Waals surface area (Å²) in [5.41, 5.74) is 1.49. The minimum Gasteiger partial charge on any atom is -0.444 e. The number of fused-ring (bicyclic) bond motifs is 1. The van der Waals surface area contributed by atoms with E-state index >= 15 is 0 Å².